The molecule has 2 aromatic heterocycles. The number of benzene rings is 2. The van der Waals surface area contributed by atoms with Gasteiger partial charge in [-0.1, -0.05) is 59.3 Å². The van der Waals surface area contributed by atoms with Crippen molar-refractivity contribution in [1.29, 1.82) is 0 Å². The molecule has 2 heterocycles. The van der Waals surface area contributed by atoms with E-state index in [0.717, 1.165) is 22.0 Å². The molecule has 0 spiro atoms. The second-order valence-electron chi connectivity index (χ2n) is 6.63. The van der Waals surface area contributed by atoms with Crippen LogP contribution in [0.5, 0.6) is 0 Å². The third kappa shape index (κ3) is 4.92. The van der Waals surface area contributed by atoms with Gasteiger partial charge in [0.1, 0.15) is 0 Å². The van der Waals surface area contributed by atoms with Gasteiger partial charge in [0.2, 0.25) is 5.91 Å². The number of hydrogen-bond donors (Lipinski definition) is 1. The van der Waals surface area contributed by atoms with Gasteiger partial charge < -0.3 is 5.32 Å². The van der Waals surface area contributed by atoms with E-state index in [1.165, 1.54) is 17.3 Å². The molecule has 0 atom stereocenters. The lowest BCUT2D eigenvalue weighted by molar-refractivity contribution is -0.118. The minimum atomic E-state index is -0.0454. The predicted octanol–water partition coefficient (Wildman–Crippen LogP) is 5.37. The smallest absolute Gasteiger partial charge is 0.230 e. The van der Waals surface area contributed by atoms with Crippen LogP contribution < -0.4 is 5.32 Å². The topological polar surface area (TPSA) is 59.8 Å². The Morgan fingerprint density at radius 3 is 2.57 bits per heavy atom. The first-order chi connectivity index (χ1) is 14.6. The standard InChI is InChI=1S/C22H19ClN4OS2/c1-15-4-6-16(7-5-15)21-25-26-22(27(21)18-10-8-17(23)9-11-18)30-14-20(28)24-13-19-3-2-12-29-19/h2-12H,13-14H2,1H3,(H,24,28). The van der Waals surface area contributed by atoms with Crippen molar-refractivity contribution in [3.63, 3.8) is 0 Å². The maximum absolute atomic E-state index is 12.3. The lowest BCUT2D eigenvalue weighted by Gasteiger charge is -2.11. The summed E-state index contributed by atoms with van der Waals surface area (Å²) in [6, 6.07) is 19.6. The minimum absolute atomic E-state index is 0.0454. The van der Waals surface area contributed by atoms with Crippen LogP contribution in [0.4, 0.5) is 0 Å². The fraction of sp³-hybridized carbons (Fsp3) is 0.136. The molecule has 2 aromatic carbocycles. The molecular formula is C22H19ClN4OS2. The SMILES string of the molecule is Cc1ccc(-c2nnc(SCC(=O)NCc3cccs3)n2-c2ccc(Cl)cc2)cc1. The molecule has 5 nitrogen and oxygen atoms in total. The van der Waals surface area contributed by atoms with E-state index in [1.54, 1.807) is 11.3 Å². The quantitative estimate of drug-likeness (QED) is 0.381. The van der Waals surface area contributed by atoms with E-state index in [1.807, 2.05) is 77.5 Å². The summed E-state index contributed by atoms with van der Waals surface area (Å²) < 4.78 is 1.96. The first-order valence-corrected chi connectivity index (χ1v) is 11.5. The van der Waals surface area contributed by atoms with Gasteiger partial charge in [0.15, 0.2) is 11.0 Å². The zero-order valence-corrected chi connectivity index (χ0v) is 18.6. The van der Waals surface area contributed by atoms with E-state index in [9.17, 15) is 4.79 Å². The molecule has 0 unspecified atom stereocenters. The van der Waals surface area contributed by atoms with Gasteiger partial charge in [-0.2, -0.15) is 0 Å². The Hall–Kier alpha value is -2.61. The fourth-order valence-electron chi connectivity index (χ4n) is 2.86. The number of amides is 1. The van der Waals surface area contributed by atoms with E-state index < -0.39 is 0 Å². The van der Waals surface area contributed by atoms with Crippen LogP contribution in [-0.4, -0.2) is 26.4 Å². The first-order valence-electron chi connectivity index (χ1n) is 9.30. The van der Waals surface area contributed by atoms with Crippen LogP contribution in [0.3, 0.4) is 0 Å². The lowest BCUT2D eigenvalue weighted by Crippen LogP contribution is -2.24. The number of nitrogens with one attached hydrogen (secondary N) is 1. The largest absolute Gasteiger partial charge is 0.350 e. The van der Waals surface area contributed by atoms with Gasteiger partial charge in [0.25, 0.3) is 0 Å². The van der Waals surface area contributed by atoms with Gasteiger partial charge >= 0.3 is 0 Å². The highest BCUT2D eigenvalue weighted by atomic mass is 35.5. The number of aromatic nitrogens is 3. The van der Waals surface area contributed by atoms with Gasteiger partial charge in [0.05, 0.1) is 12.3 Å². The number of hydrogen-bond acceptors (Lipinski definition) is 5. The van der Waals surface area contributed by atoms with Crippen molar-refractivity contribution < 1.29 is 4.79 Å². The number of thiophene rings is 1. The molecule has 4 rings (SSSR count). The Bertz CT molecular complexity index is 1120. The van der Waals surface area contributed by atoms with Crippen molar-refractivity contribution in [3.05, 3.63) is 81.5 Å². The van der Waals surface area contributed by atoms with Crippen LogP contribution in [0.2, 0.25) is 5.02 Å². The van der Waals surface area contributed by atoms with Crippen LogP contribution >= 0.6 is 34.7 Å². The molecule has 0 aliphatic carbocycles. The van der Waals surface area contributed by atoms with Gasteiger partial charge in [0, 0.05) is 21.2 Å². The number of carbonyl (C=O) groups is 1. The molecule has 0 bridgehead atoms. The molecule has 1 amide bonds. The van der Waals surface area contributed by atoms with Gasteiger partial charge in [-0.3, -0.25) is 9.36 Å². The predicted molar refractivity (Wildman–Crippen MR) is 123 cm³/mol. The summed E-state index contributed by atoms with van der Waals surface area (Å²) >= 11 is 9.05. The minimum Gasteiger partial charge on any atom is -0.350 e. The molecule has 0 saturated carbocycles. The molecule has 0 aliphatic heterocycles. The number of halogens is 1. The summed E-state index contributed by atoms with van der Waals surface area (Å²) in [6.07, 6.45) is 0. The Kier molecular flexibility index (Phi) is 6.52. The molecule has 0 aliphatic rings. The summed E-state index contributed by atoms with van der Waals surface area (Å²) in [6.45, 7) is 2.58. The highest BCUT2D eigenvalue weighted by Crippen LogP contribution is 2.28. The average molecular weight is 455 g/mol. The highest BCUT2D eigenvalue weighted by molar-refractivity contribution is 7.99. The van der Waals surface area contributed by atoms with Crippen molar-refractivity contribution in [2.45, 2.75) is 18.6 Å². The summed E-state index contributed by atoms with van der Waals surface area (Å²) in [5.74, 6) is 0.931. The van der Waals surface area contributed by atoms with E-state index in [4.69, 9.17) is 11.6 Å². The molecule has 1 N–H and O–H groups in total. The third-order valence-corrected chi connectivity index (χ3v) is 6.46. The Morgan fingerprint density at radius 2 is 1.87 bits per heavy atom. The molecule has 0 fully saturated rings. The Balaban J connectivity index is 1.57. The van der Waals surface area contributed by atoms with Crippen molar-refractivity contribution in [3.8, 4) is 17.1 Å². The summed E-state index contributed by atoms with van der Waals surface area (Å²) in [5, 5.41) is 15.0. The van der Waals surface area contributed by atoms with E-state index in [2.05, 4.69) is 15.5 Å². The molecule has 30 heavy (non-hydrogen) atoms. The fourth-order valence-corrected chi connectivity index (χ4v) is 4.41. The molecule has 4 aromatic rings. The van der Waals surface area contributed by atoms with Crippen LogP contribution in [0.1, 0.15) is 10.4 Å². The van der Waals surface area contributed by atoms with Crippen LogP contribution in [0.25, 0.3) is 17.1 Å². The molecule has 0 radical (unpaired) electrons. The highest BCUT2D eigenvalue weighted by Gasteiger charge is 2.17. The molecule has 152 valence electrons. The van der Waals surface area contributed by atoms with Gasteiger partial charge in [-0.05, 0) is 42.6 Å². The zero-order chi connectivity index (χ0) is 20.9. The van der Waals surface area contributed by atoms with Crippen molar-refractivity contribution >= 4 is 40.6 Å². The van der Waals surface area contributed by atoms with E-state index >= 15 is 0 Å². The molecule has 0 saturated heterocycles. The second-order valence-corrected chi connectivity index (χ2v) is 9.04. The number of rotatable bonds is 7. The summed E-state index contributed by atoms with van der Waals surface area (Å²) in [4.78, 5) is 13.4. The zero-order valence-electron chi connectivity index (χ0n) is 16.2. The Morgan fingerprint density at radius 1 is 1.10 bits per heavy atom. The van der Waals surface area contributed by atoms with E-state index in [0.29, 0.717) is 16.7 Å². The monoisotopic (exact) mass is 454 g/mol. The summed E-state index contributed by atoms with van der Waals surface area (Å²) in [5.41, 5.74) is 3.02. The van der Waals surface area contributed by atoms with Gasteiger partial charge in [-0.25, -0.2) is 0 Å². The molecule has 8 heteroatoms. The number of nitrogens with zero attached hydrogens (tertiary/aromatic N) is 3. The first kappa shape index (κ1) is 20.7. The lowest BCUT2D eigenvalue weighted by atomic mass is 10.1. The number of thioether (sulfide) groups is 1. The summed E-state index contributed by atoms with van der Waals surface area (Å²) in [7, 11) is 0. The van der Waals surface area contributed by atoms with Crippen LogP contribution in [0, 0.1) is 6.92 Å². The van der Waals surface area contributed by atoms with Crippen LogP contribution in [-0.2, 0) is 11.3 Å². The number of carbonyl (C=O) groups excluding carboxylic acids is 1. The second kappa shape index (κ2) is 9.47. The maximum atomic E-state index is 12.3. The Labute approximate surface area is 188 Å². The molecular weight excluding hydrogens is 436 g/mol. The average Bonchev–Trinajstić information content (AvgIpc) is 3.42. The normalized spacial score (nSPS) is 10.9. The van der Waals surface area contributed by atoms with Gasteiger partial charge in [-0.15, -0.1) is 21.5 Å². The maximum Gasteiger partial charge on any atom is 0.230 e. The van der Waals surface area contributed by atoms with Crippen LogP contribution in [0.15, 0.2) is 71.2 Å². The van der Waals surface area contributed by atoms with Crippen molar-refractivity contribution in [2.75, 3.05) is 5.75 Å². The van der Waals surface area contributed by atoms with Crippen molar-refractivity contribution in [2.24, 2.45) is 0 Å². The third-order valence-electron chi connectivity index (χ3n) is 4.40. The number of aryl methyl sites for hydroxylation is 1. The van der Waals surface area contributed by atoms with Crippen molar-refractivity contribution in [1.82, 2.24) is 20.1 Å². The van der Waals surface area contributed by atoms with E-state index in [-0.39, 0.29) is 11.7 Å².